The quantitative estimate of drug-likeness (QED) is 0.818. The van der Waals surface area contributed by atoms with Gasteiger partial charge in [-0.2, -0.15) is 0 Å². The monoisotopic (exact) mass is 309 g/mol. The Balaban J connectivity index is 2.44. The van der Waals surface area contributed by atoms with Gasteiger partial charge in [0.1, 0.15) is 0 Å². The largest absolute Gasteiger partial charge is 0.306 e. The van der Waals surface area contributed by atoms with E-state index in [-0.39, 0.29) is 6.04 Å². The third-order valence-corrected chi connectivity index (χ3v) is 3.67. The highest BCUT2D eigenvalue weighted by atomic mass is 35.5. The van der Waals surface area contributed by atoms with Gasteiger partial charge < -0.3 is 5.32 Å². The number of hydrogen-bond donors (Lipinski definition) is 1. The maximum absolute atomic E-state index is 13.5. The van der Waals surface area contributed by atoms with Gasteiger partial charge in [0, 0.05) is 5.02 Å². The van der Waals surface area contributed by atoms with Crippen molar-refractivity contribution in [1.29, 1.82) is 0 Å². The minimum Gasteiger partial charge on any atom is -0.306 e. The Kier molecular flexibility index (Phi) is 5.32. The number of halogens is 3. The minimum absolute atomic E-state index is 0.256. The van der Waals surface area contributed by atoms with Crippen molar-refractivity contribution in [3.8, 4) is 0 Å². The summed E-state index contributed by atoms with van der Waals surface area (Å²) in [5, 5.41) is 3.95. The van der Waals surface area contributed by atoms with Crippen molar-refractivity contribution >= 4 is 11.6 Å². The maximum Gasteiger partial charge on any atom is 0.159 e. The molecular weight excluding hydrogens is 292 g/mol. The molecule has 1 unspecified atom stereocenters. The Labute approximate surface area is 128 Å². The van der Waals surface area contributed by atoms with E-state index in [4.69, 9.17) is 11.6 Å². The van der Waals surface area contributed by atoms with Gasteiger partial charge in [0.05, 0.1) is 6.04 Å². The van der Waals surface area contributed by atoms with Gasteiger partial charge >= 0.3 is 0 Å². The first kappa shape index (κ1) is 15.9. The maximum atomic E-state index is 13.5. The number of nitrogens with one attached hydrogen (secondary N) is 1. The van der Waals surface area contributed by atoms with E-state index in [0.29, 0.717) is 10.6 Å². The molecule has 0 saturated heterocycles. The molecule has 4 heteroatoms. The standard InChI is InChI=1S/C17H18ClF2N/c1-3-8-21-17(12-5-7-15(19)16(20)10-12)13-6-4-11(2)9-14(13)18/h4-7,9-10,17,21H,3,8H2,1-2H3. The van der Waals surface area contributed by atoms with Crippen LogP contribution < -0.4 is 5.32 Å². The molecule has 0 aliphatic rings. The highest BCUT2D eigenvalue weighted by Gasteiger charge is 2.18. The van der Waals surface area contributed by atoms with E-state index in [1.165, 1.54) is 6.07 Å². The van der Waals surface area contributed by atoms with Crippen molar-refractivity contribution in [1.82, 2.24) is 5.32 Å². The summed E-state index contributed by atoms with van der Waals surface area (Å²) in [5.74, 6) is -1.69. The van der Waals surface area contributed by atoms with Crippen LogP contribution in [0.1, 0.15) is 36.1 Å². The van der Waals surface area contributed by atoms with Crippen LogP contribution >= 0.6 is 11.6 Å². The molecule has 21 heavy (non-hydrogen) atoms. The first-order valence-electron chi connectivity index (χ1n) is 6.97. The molecule has 1 N–H and O–H groups in total. The van der Waals surface area contributed by atoms with Crippen LogP contribution in [0.2, 0.25) is 5.02 Å². The lowest BCUT2D eigenvalue weighted by Gasteiger charge is -2.21. The Morgan fingerprint density at radius 2 is 1.86 bits per heavy atom. The van der Waals surface area contributed by atoms with E-state index in [9.17, 15) is 8.78 Å². The highest BCUT2D eigenvalue weighted by Crippen LogP contribution is 2.30. The fourth-order valence-electron chi connectivity index (χ4n) is 2.25. The van der Waals surface area contributed by atoms with Crippen LogP contribution in [0.15, 0.2) is 36.4 Å². The number of benzene rings is 2. The predicted octanol–water partition coefficient (Wildman–Crippen LogP) is 5.02. The van der Waals surface area contributed by atoms with Crippen molar-refractivity contribution in [3.05, 3.63) is 69.7 Å². The minimum atomic E-state index is -0.848. The smallest absolute Gasteiger partial charge is 0.159 e. The molecule has 2 aromatic carbocycles. The Morgan fingerprint density at radius 3 is 2.48 bits per heavy atom. The topological polar surface area (TPSA) is 12.0 Å². The van der Waals surface area contributed by atoms with Gasteiger partial charge in [0.2, 0.25) is 0 Å². The van der Waals surface area contributed by atoms with E-state index in [1.54, 1.807) is 6.07 Å². The van der Waals surface area contributed by atoms with Crippen molar-refractivity contribution in [2.24, 2.45) is 0 Å². The summed E-state index contributed by atoms with van der Waals surface area (Å²) in [6, 6.07) is 9.45. The fourth-order valence-corrected chi connectivity index (χ4v) is 2.60. The molecule has 0 radical (unpaired) electrons. The van der Waals surface area contributed by atoms with Crippen LogP contribution in [0.5, 0.6) is 0 Å². The molecule has 112 valence electrons. The van der Waals surface area contributed by atoms with Crippen molar-refractivity contribution < 1.29 is 8.78 Å². The summed E-state index contributed by atoms with van der Waals surface area (Å²) in [6.45, 7) is 4.77. The lowest BCUT2D eigenvalue weighted by Crippen LogP contribution is -2.23. The second kappa shape index (κ2) is 7.01. The lowest BCUT2D eigenvalue weighted by atomic mass is 9.97. The zero-order chi connectivity index (χ0) is 15.4. The van der Waals surface area contributed by atoms with Gasteiger partial charge in [-0.1, -0.05) is 36.7 Å². The van der Waals surface area contributed by atoms with Gasteiger partial charge in [0.15, 0.2) is 11.6 Å². The molecule has 0 aliphatic carbocycles. The zero-order valence-corrected chi connectivity index (χ0v) is 12.8. The summed E-state index contributed by atoms with van der Waals surface area (Å²) in [6.07, 6.45) is 0.934. The Morgan fingerprint density at radius 1 is 1.10 bits per heavy atom. The van der Waals surface area contributed by atoms with Gasteiger partial charge in [-0.15, -0.1) is 0 Å². The molecule has 0 spiro atoms. The molecule has 0 heterocycles. The van der Waals surface area contributed by atoms with Crippen LogP contribution in [-0.2, 0) is 0 Å². The van der Waals surface area contributed by atoms with Crippen LogP contribution in [0.4, 0.5) is 8.78 Å². The second-order valence-electron chi connectivity index (χ2n) is 5.09. The van der Waals surface area contributed by atoms with Crippen LogP contribution in [0, 0.1) is 18.6 Å². The summed E-state index contributed by atoms with van der Waals surface area (Å²) in [7, 11) is 0. The van der Waals surface area contributed by atoms with Gasteiger partial charge in [-0.05, 0) is 54.8 Å². The summed E-state index contributed by atoms with van der Waals surface area (Å²) in [4.78, 5) is 0. The van der Waals surface area contributed by atoms with Crippen LogP contribution in [0.25, 0.3) is 0 Å². The molecular formula is C17H18ClF2N. The molecule has 2 aromatic rings. The van der Waals surface area contributed by atoms with Crippen molar-refractivity contribution in [2.45, 2.75) is 26.3 Å². The Bertz CT molecular complexity index is 628. The highest BCUT2D eigenvalue weighted by molar-refractivity contribution is 6.31. The average molecular weight is 310 g/mol. The predicted molar refractivity (Wildman–Crippen MR) is 82.7 cm³/mol. The summed E-state index contributed by atoms with van der Waals surface area (Å²) in [5.41, 5.74) is 2.58. The molecule has 0 fully saturated rings. The molecule has 2 rings (SSSR count). The van der Waals surface area contributed by atoms with E-state index >= 15 is 0 Å². The lowest BCUT2D eigenvalue weighted by molar-refractivity contribution is 0.503. The van der Waals surface area contributed by atoms with E-state index in [1.807, 2.05) is 32.0 Å². The van der Waals surface area contributed by atoms with Crippen molar-refractivity contribution in [2.75, 3.05) is 6.54 Å². The molecule has 1 nitrogen and oxygen atoms in total. The molecule has 0 aromatic heterocycles. The van der Waals surface area contributed by atoms with Crippen molar-refractivity contribution in [3.63, 3.8) is 0 Å². The first-order chi connectivity index (χ1) is 10.0. The third-order valence-electron chi connectivity index (χ3n) is 3.34. The number of aryl methyl sites for hydroxylation is 1. The average Bonchev–Trinajstić information content (AvgIpc) is 2.44. The molecule has 0 amide bonds. The number of hydrogen-bond acceptors (Lipinski definition) is 1. The first-order valence-corrected chi connectivity index (χ1v) is 7.35. The van der Waals surface area contributed by atoms with Gasteiger partial charge in [0.25, 0.3) is 0 Å². The second-order valence-corrected chi connectivity index (χ2v) is 5.49. The Hall–Kier alpha value is -1.45. The molecule has 0 saturated carbocycles. The van der Waals surface area contributed by atoms with Crippen LogP contribution in [0.3, 0.4) is 0 Å². The normalized spacial score (nSPS) is 12.4. The van der Waals surface area contributed by atoms with Gasteiger partial charge in [-0.3, -0.25) is 0 Å². The fraction of sp³-hybridized carbons (Fsp3) is 0.294. The van der Waals surface area contributed by atoms with E-state index in [2.05, 4.69) is 5.32 Å². The van der Waals surface area contributed by atoms with Gasteiger partial charge in [-0.25, -0.2) is 8.78 Å². The molecule has 1 atom stereocenters. The molecule has 0 aliphatic heterocycles. The van der Waals surface area contributed by atoms with Crippen LogP contribution in [-0.4, -0.2) is 6.54 Å². The summed E-state index contributed by atoms with van der Waals surface area (Å²) < 4.78 is 26.6. The SMILES string of the molecule is CCCNC(c1ccc(F)c(F)c1)c1ccc(C)cc1Cl. The zero-order valence-electron chi connectivity index (χ0n) is 12.1. The molecule has 0 bridgehead atoms. The third kappa shape index (κ3) is 3.80. The summed E-state index contributed by atoms with van der Waals surface area (Å²) >= 11 is 6.32. The van der Waals surface area contributed by atoms with E-state index in [0.717, 1.165) is 30.2 Å². The van der Waals surface area contributed by atoms with E-state index < -0.39 is 11.6 Å². The number of rotatable bonds is 5.